The van der Waals surface area contributed by atoms with E-state index in [9.17, 15) is 0 Å². The third-order valence-corrected chi connectivity index (χ3v) is 6.29. The number of benzene rings is 6. The van der Waals surface area contributed by atoms with Gasteiger partial charge in [0.1, 0.15) is 0 Å². The lowest BCUT2D eigenvalue weighted by atomic mass is 9.96. The summed E-state index contributed by atoms with van der Waals surface area (Å²) >= 11 is 0. The van der Waals surface area contributed by atoms with E-state index in [0.717, 1.165) is 0 Å². The Hall–Kier alpha value is -3.84. The van der Waals surface area contributed by atoms with E-state index in [0.29, 0.717) is 0 Å². The summed E-state index contributed by atoms with van der Waals surface area (Å²) in [5, 5.41) is 13.0. The van der Waals surface area contributed by atoms with Crippen LogP contribution >= 0.6 is 0 Å². The zero-order valence-electron chi connectivity index (χ0n) is 19.7. The molecule has 0 amide bonds. The van der Waals surface area contributed by atoms with Crippen molar-refractivity contribution in [2.24, 2.45) is 0 Å². The first-order chi connectivity index (χ1) is 16.3. The SMILES string of the molecule is CC.CC.c1ccc2cc3c(ccc4[nH]c5ccc6cc7ccccc7cc6c5c43)cc2c1. The molecule has 1 aromatic heterocycles. The second-order valence-electron chi connectivity index (χ2n) is 7.94. The maximum absolute atomic E-state index is 3.66. The molecule has 0 radical (unpaired) electrons. The van der Waals surface area contributed by atoms with E-state index in [2.05, 4.69) is 102 Å². The summed E-state index contributed by atoms with van der Waals surface area (Å²) in [4.78, 5) is 3.66. The second kappa shape index (κ2) is 8.60. The molecule has 1 nitrogen and oxygen atoms in total. The van der Waals surface area contributed by atoms with Crippen molar-refractivity contribution in [2.75, 3.05) is 0 Å². The van der Waals surface area contributed by atoms with Gasteiger partial charge in [0.05, 0.1) is 0 Å². The van der Waals surface area contributed by atoms with Gasteiger partial charge in [-0.1, -0.05) is 88.4 Å². The first-order valence-electron chi connectivity index (χ1n) is 12.0. The Labute approximate surface area is 194 Å². The molecule has 0 saturated heterocycles. The van der Waals surface area contributed by atoms with Crippen LogP contribution in [-0.2, 0) is 0 Å². The van der Waals surface area contributed by atoms with Crippen LogP contribution in [0.2, 0.25) is 0 Å². The Kier molecular flexibility index (Phi) is 5.48. The van der Waals surface area contributed by atoms with Crippen molar-refractivity contribution < 1.29 is 0 Å². The number of fused-ring (bicyclic) bond motifs is 9. The van der Waals surface area contributed by atoms with Gasteiger partial charge in [0.25, 0.3) is 0 Å². The monoisotopic (exact) mass is 427 g/mol. The Balaban J connectivity index is 0.000000544. The minimum atomic E-state index is 1.20. The largest absolute Gasteiger partial charge is 0.354 e. The minimum Gasteiger partial charge on any atom is -0.354 e. The summed E-state index contributed by atoms with van der Waals surface area (Å²) in [7, 11) is 0. The topological polar surface area (TPSA) is 15.8 Å². The van der Waals surface area contributed by atoms with Crippen molar-refractivity contribution in [1.29, 1.82) is 0 Å². The summed E-state index contributed by atoms with van der Waals surface area (Å²) in [6.45, 7) is 8.00. The molecule has 0 bridgehead atoms. The van der Waals surface area contributed by atoms with Crippen molar-refractivity contribution in [2.45, 2.75) is 27.7 Å². The van der Waals surface area contributed by atoms with Crippen molar-refractivity contribution in [3.8, 4) is 0 Å². The van der Waals surface area contributed by atoms with Crippen molar-refractivity contribution in [3.05, 3.63) is 97.1 Å². The highest BCUT2D eigenvalue weighted by atomic mass is 14.7. The molecule has 1 heteroatoms. The third kappa shape index (κ3) is 3.32. The van der Waals surface area contributed by atoms with Gasteiger partial charge in [-0.3, -0.25) is 0 Å². The van der Waals surface area contributed by atoms with Crippen LogP contribution in [0.1, 0.15) is 27.7 Å². The van der Waals surface area contributed by atoms with E-state index in [1.54, 1.807) is 0 Å². The number of hydrogen-bond donors (Lipinski definition) is 1. The highest BCUT2D eigenvalue weighted by molar-refractivity contribution is 6.29. The number of nitrogens with one attached hydrogen (secondary N) is 1. The van der Waals surface area contributed by atoms with E-state index in [-0.39, 0.29) is 0 Å². The quantitative estimate of drug-likeness (QED) is 0.232. The van der Waals surface area contributed by atoms with Gasteiger partial charge in [0.2, 0.25) is 0 Å². The van der Waals surface area contributed by atoms with Gasteiger partial charge < -0.3 is 4.98 Å². The first kappa shape index (κ1) is 21.0. The van der Waals surface area contributed by atoms with Gasteiger partial charge in [0, 0.05) is 21.8 Å². The molecule has 7 rings (SSSR count). The van der Waals surface area contributed by atoms with E-state index >= 15 is 0 Å². The van der Waals surface area contributed by atoms with Crippen LogP contribution in [0.3, 0.4) is 0 Å². The highest BCUT2D eigenvalue weighted by Crippen LogP contribution is 2.39. The smallest absolute Gasteiger partial charge is 0.0471 e. The van der Waals surface area contributed by atoms with E-state index in [1.165, 1.54) is 64.9 Å². The van der Waals surface area contributed by atoms with Gasteiger partial charge in [-0.25, -0.2) is 0 Å². The highest BCUT2D eigenvalue weighted by Gasteiger charge is 2.12. The standard InChI is InChI=1S/C28H17N.2C2H6/c1-3-7-19-15-23-21(13-17(19)5-1)9-11-25-27(23)28-24-16-20-8-4-2-6-18(20)14-22(24)10-12-26(28)29-25;2*1-2/h1-16,29H;2*1-2H3. The summed E-state index contributed by atoms with van der Waals surface area (Å²) in [5.74, 6) is 0. The number of aromatic nitrogens is 1. The fraction of sp³-hybridized carbons (Fsp3) is 0.125. The maximum atomic E-state index is 3.66. The molecule has 0 spiro atoms. The van der Waals surface area contributed by atoms with Crippen LogP contribution in [0, 0.1) is 0 Å². The average molecular weight is 428 g/mol. The van der Waals surface area contributed by atoms with E-state index in [1.807, 2.05) is 27.7 Å². The molecule has 0 unspecified atom stereocenters. The van der Waals surface area contributed by atoms with Crippen LogP contribution in [0.5, 0.6) is 0 Å². The number of hydrogen-bond acceptors (Lipinski definition) is 0. The van der Waals surface area contributed by atoms with Crippen LogP contribution < -0.4 is 0 Å². The van der Waals surface area contributed by atoms with E-state index < -0.39 is 0 Å². The summed E-state index contributed by atoms with van der Waals surface area (Å²) < 4.78 is 0. The molecule has 6 aromatic carbocycles. The normalized spacial score (nSPS) is 11.0. The first-order valence-corrected chi connectivity index (χ1v) is 12.0. The number of aromatic amines is 1. The Morgan fingerprint density at radius 3 is 1.15 bits per heavy atom. The molecule has 7 aromatic rings. The van der Waals surface area contributed by atoms with Crippen LogP contribution in [-0.4, -0.2) is 4.98 Å². The summed E-state index contributed by atoms with van der Waals surface area (Å²) in [6.07, 6.45) is 0. The van der Waals surface area contributed by atoms with Crippen molar-refractivity contribution in [3.63, 3.8) is 0 Å². The molecule has 0 aliphatic carbocycles. The lowest BCUT2D eigenvalue weighted by molar-refractivity contribution is 1.50. The molecule has 0 fully saturated rings. The van der Waals surface area contributed by atoms with Gasteiger partial charge in [0.15, 0.2) is 0 Å². The molecular formula is C32H29N. The number of H-pyrrole nitrogens is 1. The molecule has 162 valence electrons. The molecule has 33 heavy (non-hydrogen) atoms. The lowest BCUT2D eigenvalue weighted by Crippen LogP contribution is -1.80. The molecule has 1 N–H and O–H groups in total. The van der Waals surface area contributed by atoms with Crippen molar-refractivity contribution >= 4 is 64.9 Å². The Morgan fingerprint density at radius 2 is 0.758 bits per heavy atom. The van der Waals surface area contributed by atoms with Crippen molar-refractivity contribution in [1.82, 2.24) is 4.98 Å². The lowest BCUT2D eigenvalue weighted by Gasteiger charge is -2.07. The molecule has 0 saturated carbocycles. The summed E-state index contributed by atoms with van der Waals surface area (Å²) in [5.41, 5.74) is 2.40. The fourth-order valence-corrected chi connectivity index (χ4v) is 4.92. The molecular weight excluding hydrogens is 398 g/mol. The van der Waals surface area contributed by atoms with Gasteiger partial charge >= 0.3 is 0 Å². The Bertz CT molecular complexity index is 1620. The zero-order valence-corrected chi connectivity index (χ0v) is 19.7. The zero-order chi connectivity index (χ0) is 22.9. The van der Waals surface area contributed by atoms with Gasteiger partial charge in [-0.2, -0.15) is 0 Å². The minimum absolute atomic E-state index is 1.20. The van der Waals surface area contributed by atoms with Crippen LogP contribution in [0.25, 0.3) is 64.9 Å². The predicted octanol–water partition coefficient (Wildman–Crippen LogP) is 9.99. The predicted molar refractivity (Wildman–Crippen MR) is 149 cm³/mol. The maximum Gasteiger partial charge on any atom is 0.0471 e. The van der Waals surface area contributed by atoms with Crippen LogP contribution in [0.4, 0.5) is 0 Å². The number of rotatable bonds is 0. The average Bonchev–Trinajstić information content (AvgIpc) is 3.28. The third-order valence-electron chi connectivity index (χ3n) is 6.29. The van der Waals surface area contributed by atoms with Gasteiger partial charge in [-0.15, -0.1) is 0 Å². The fourth-order valence-electron chi connectivity index (χ4n) is 4.92. The molecule has 0 aliphatic rings. The second-order valence-corrected chi connectivity index (χ2v) is 7.94. The summed E-state index contributed by atoms with van der Waals surface area (Å²) in [6, 6.07) is 35.5. The van der Waals surface area contributed by atoms with Gasteiger partial charge in [-0.05, 0) is 79.5 Å². The van der Waals surface area contributed by atoms with Crippen LogP contribution in [0.15, 0.2) is 97.1 Å². The Morgan fingerprint density at radius 1 is 0.394 bits per heavy atom. The van der Waals surface area contributed by atoms with E-state index in [4.69, 9.17) is 0 Å². The molecule has 1 heterocycles. The molecule has 0 atom stereocenters. The molecule has 0 aliphatic heterocycles.